The molecule has 8 nitrogen and oxygen atoms in total. The number of amides is 3. The molecule has 6 rings (SSSR count). The average Bonchev–Trinajstić information content (AvgIpc) is 3.38. The van der Waals surface area contributed by atoms with Crippen LogP contribution >= 0.6 is 11.6 Å². The van der Waals surface area contributed by atoms with Crippen molar-refractivity contribution in [1.29, 1.82) is 0 Å². The Morgan fingerprint density at radius 2 is 1.57 bits per heavy atom. The Bertz CT molecular complexity index is 1500. The zero-order chi connectivity index (χ0) is 30.8. The SMILES string of the molecule is O=C(O)C1CCN(C(=O)c2ccc(CN3CCC(N4C(=O)N(c5ccc(F)cc5)CC4c4cccc(Cl)c4)CC3)cc2)CC1. The number of piperidine rings is 2. The van der Waals surface area contributed by atoms with Gasteiger partial charge in [0.05, 0.1) is 18.5 Å². The summed E-state index contributed by atoms with van der Waals surface area (Å²) in [5.41, 5.74) is 3.39. The third kappa shape index (κ3) is 6.44. The molecule has 3 aromatic carbocycles. The molecule has 230 valence electrons. The summed E-state index contributed by atoms with van der Waals surface area (Å²) in [6.45, 7) is 3.79. The van der Waals surface area contributed by atoms with E-state index in [-0.39, 0.29) is 35.8 Å². The third-order valence-electron chi connectivity index (χ3n) is 9.20. The number of rotatable bonds is 7. The van der Waals surface area contributed by atoms with E-state index in [0.29, 0.717) is 48.7 Å². The number of hydrogen-bond donors (Lipinski definition) is 1. The fraction of sp³-hybridized carbons (Fsp3) is 0.382. The van der Waals surface area contributed by atoms with Gasteiger partial charge in [-0.25, -0.2) is 9.18 Å². The van der Waals surface area contributed by atoms with Crippen molar-refractivity contribution in [2.45, 2.75) is 44.3 Å². The average molecular weight is 619 g/mol. The number of aliphatic carboxylic acids is 1. The summed E-state index contributed by atoms with van der Waals surface area (Å²) in [6.07, 6.45) is 2.62. The molecule has 0 aromatic heterocycles. The number of likely N-dealkylation sites (tertiary alicyclic amines) is 2. The fourth-order valence-corrected chi connectivity index (χ4v) is 6.92. The van der Waals surface area contributed by atoms with Crippen LogP contribution in [0.2, 0.25) is 5.02 Å². The van der Waals surface area contributed by atoms with Gasteiger partial charge in [-0.2, -0.15) is 0 Å². The highest BCUT2D eigenvalue weighted by Crippen LogP contribution is 2.38. The molecule has 3 heterocycles. The van der Waals surface area contributed by atoms with E-state index in [4.69, 9.17) is 11.6 Å². The van der Waals surface area contributed by atoms with Crippen molar-refractivity contribution in [3.8, 4) is 0 Å². The highest BCUT2D eigenvalue weighted by atomic mass is 35.5. The molecule has 3 saturated heterocycles. The van der Waals surface area contributed by atoms with Gasteiger partial charge < -0.3 is 14.9 Å². The number of nitrogens with zero attached hydrogens (tertiary/aromatic N) is 4. The largest absolute Gasteiger partial charge is 0.481 e. The molecule has 0 saturated carbocycles. The van der Waals surface area contributed by atoms with Crippen LogP contribution in [-0.2, 0) is 11.3 Å². The lowest BCUT2D eigenvalue weighted by Gasteiger charge is -2.39. The maximum atomic E-state index is 13.8. The molecule has 0 bridgehead atoms. The second-order valence-corrected chi connectivity index (χ2v) is 12.4. The molecule has 1 N–H and O–H groups in total. The number of hydrogen-bond acceptors (Lipinski definition) is 4. The van der Waals surface area contributed by atoms with E-state index < -0.39 is 5.97 Å². The van der Waals surface area contributed by atoms with Crippen LogP contribution in [0.1, 0.15) is 53.2 Å². The van der Waals surface area contributed by atoms with E-state index in [9.17, 15) is 23.9 Å². The number of carboxylic acid groups (broad SMARTS) is 1. The van der Waals surface area contributed by atoms with Crippen molar-refractivity contribution < 1.29 is 23.9 Å². The third-order valence-corrected chi connectivity index (χ3v) is 9.44. The topological polar surface area (TPSA) is 84.4 Å². The quantitative estimate of drug-likeness (QED) is 0.348. The zero-order valence-electron chi connectivity index (χ0n) is 24.4. The van der Waals surface area contributed by atoms with Gasteiger partial charge >= 0.3 is 12.0 Å². The number of halogens is 2. The first-order valence-corrected chi connectivity index (χ1v) is 15.6. The number of carboxylic acids is 1. The van der Waals surface area contributed by atoms with Crippen LogP contribution in [0, 0.1) is 11.7 Å². The van der Waals surface area contributed by atoms with Crippen LogP contribution in [0.4, 0.5) is 14.9 Å². The number of urea groups is 1. The molecule has 1 atom stereocenters. The van der Waals surface area contributed by atoms with Crippen molar-refractivity contribution in [2.75, 3.05) is 37.6 Å². The molecule has 3 aromatic rings. The van der Waals surface area contributed by atoms with Crippen LogP contribution < -0.4 is 4.90 Å². The lowest BCUT2D eigenvalue weighted by Crippen LogP contribution is -2.47. The van der Waals surface area contributed by atoms with E-state index in [2.05, 4.69) is 4.90 Å². The molecule has 44 heavy (non-hydrogen) atoms. The molecule has 0 radical (unpaired) electrons. The van der Waals surface area contributed by atoms with Gasteiger partial charge in [0.25, 0.3) is 5.91 Å². The summed E-state index contributed by atoms with van der Waals surface area (Å²) in [5.74, 6) is -1.55. The predicted molar refractivity (Wildman–Crippen MR) is 166 cm³/mol. The molecule has 3 aliphatic rings. The summed E-state index contributed by atoms with van der Waals surface area (Å²) in [7, 11) is 0. The fourth-order valence-electron chi connectivity index (χ4n) is 6.72. The Balaban J connectivity index is 1.08. The van der Waals surface area contributed by atoms with Gasteiger partial charge in [0.15, 0.2) is 0 Å². The Kier molecular flexibility index (Phi) is 8.86. The maximum absolute atomic E-state index is 13.8. The molecule has 3 amide bonds. The minimum absolute atomic E-state index is 0.0541. The Morgan fingerprint density at radius 1 is 0.886 bits per heavy atom. The standard InChI is InChI=1S/C34H36ClFN4O4/c35-27-3-1-2-26(20-27)31-22-39(29-10-8-28(36)9-11-29)34(44)40(31)30-14-16-37(17-15-30)21-23-4-6-24(7-5-23)32(41)38-18-12-25(13-19-38)33(42)43/h1-11,20,25,30-31H,12-19,21-22H2,(H,42,43). The molecular weight excluding hydrogens is 583 g/mol. The first-order chi connectivity index (χ1) is 21.3. The van der Waals surface area contributed by atoms with E-state index in [1.54, 1.807) is 21.9 Å². The van der Waals surface area contributed by atoms with Crippen molar-refractivity contribution in [3.63, 3.8) is 0 Å². The normalized spacial score (nSPS) is 20.4. The highest BCUT2D eigenvalue weighted by Gasteiger charge is 2.43. The summed E-state index contributed by atoms with van der Waals surface area (Å²) < 4.78 is 13.6. The second-order valence-electron chi connectivity index (χ2n) is 12.0. The van der Waals surface area contributed by atoms with Crippen molar-refractivity contribution in [1.82, 2.24) is 14.7 Å². The number of carbonyl (C=O) groups is 3. The van der Waals surface area contributed by atoms with Crippen LogP contribution in [-0.4, -0.2) is 76.5 Å². The molecular formula is C34H36ClFN4O4. The van der Waals surface area contributed by atoms with Crippen LogP contribution in [0.25, 0.3) is 0 Å². The highest BCUT2D eigenvalue weighted by molar-refractivity contribution is 6.30. The van der Waals surface area contributed by atoms with Gasteiger partial charge in [0.1, 0.15) is 5.82 Å². The predicted octanol–water partition coefficient (Wildman–Crippen LogP) is 6.06. The van der Waals surface area contributed by atoms with Crippen LogP contribution in [0.15, 0.2) is 72.8 Å². The van der Waals surface area contributed by atoms with E-state index in [1.807, 2.05) is 53.4 Å². The minimum Gasteiger partial charge on any atom is -0.481 e. The van der Waals surface area contributed by atoms with Crippen molar-refractivity contribution in [2.24, 2.45) is 5.92 Å². The van der Waals surface area contributed by atoms with Gasteiger partial charge in [-0.15, -0.1) is 0 Å². The molecule has 3 aliphatic heterocycles. The minimum atomic E-state index is -0.787. The number of benzene rings is 3. The van der Waals surface area contributed by atoms with E-state index in [0.717, 1.165) is 43.6 Å². The molecule has 0 spiro atoms. The van der Waals surface area contributed by atoms with Crippen LogP contribution in [0.3, 0.4) is 0 Å². The Labute approximate surface area is 261 Å². The Morgan fingerprint density at radius 3 is 2.20 bits per heavy atom. The second kappa shape index (κ2) is 13.0. The molecule has 1 unspecified atom stereocenters. The zero-order valence-corrected chi connectivity index (χ0v) is 25.2. The number of anilines is 1. The lowest BCUT2D eigenvalue weighted by atomic mass is 9.96. The smallest absolute Gasteiger partial charge is 0.325 e. The maximum Gasteiger partial charge on any atom is 0.325 e. The molecule has 3 fully saturated rings. The van der Waals surface area contributed by atoms with Crippen LogP contribution in [0.5, 0.6) is 0 Å². The van der Waals surface area contributed by atoms with Crippen molar-refractivity contribution >= 4 is 35.2 Å². The van der Waals surface area contributed by atoms with Crippen molar-refractivity contribution in [3.05, 3.63) is 100 Å². The molecule has 0 aliphatic carbocycles. The summed E-state index contributed by atoms with van der Waals surface area (Å²) in [6, 6.07) is 21.2. The lowest BCUT2D eigenvalue weighted by molar-refractivity contribution is -0.143. The summed E-state index contributed by atoms with van der Waals surface area (Å²) in [5, 5.41) is 9.84. The van der Waals surface area contributed by atoms with E-state index in [1.165, 1.54) is 12.1 Å². The molecule has 10 heteroatoms. The first kappa shape index (κ1) is 30.1. The summed E-state index contributed by atoms with van der Waals surface area (Å²) in [4.78, 5) is 45.8. The monoisotopic (exact) mass is 618 g/mol. The van der Waals surface area contributed by atoms with Gasteiger partial charge in [-0.3, -0.25) is 19.4 Å². The number of carbonyl (C=O) groups excluding carboxylic acids is 2. The van der Waals surface area contributed by atoms with Gasteiger partial charge in [0.2, 0.25) is 0 Å². The van der Waals surface area contributed by atoms with Gasteiger partial charge in [-0.1, -0.05) is 35.9 Å². The van der Waals surface area contributed by atoms with Gasteiger partial charge in [-0.05, 0) is 85.3 Å². The summed E-state index contributed by atoms with van der Waals surface area (Å²) >= 11 is 6.34. The van der Waals surface area contributed by atoms with Gasteiger partial charge in [0, 0.05) is 55.0 Å². The van der Waals surface area contributed by atoms with E-state index >= 15 is 0 Å². The first-order valence-electron chi connectivity index (χ1n) is 15.2. The Hall–Kier alpha value is -3.95.